The van der Waals surface area contributed by atoms with Crippen LogP contribution in [0, 0.1) is 10.5 Å². The molecule has 28 heavy (non-hydrogen) atoms. The molecule has 0 aliphatic heterocycles. The molecule has 4 nitrogen and oxygen atoms in total. The van der Waals surface area contributed by atoms with E-state index in [1.54, 1.807) is 13.2 Å². The van der Waals surface area contributed by atoms with Gasteiger partial charge in [-0.25, -0.2) is 0 Å². The molecule has 150 valence electrons. The van der Waals surface area contributed by atoms with Gasteiger partial charge < -0.3 is 14.8 Å². The molecule has 0 aromatic heterocycles. The van der Waals surface area contributed by atoms with E-state index in [0.29, 0.717) is 12.4 Å². The van der Waals surface area contributed by atoms with Gasteiger partial charge in [-0.1, -0.05) is 32.3 Å². The quantitative estimate of drug-likeness (QED) is 0.243. The minimum Gasteiger partial charge on any atom is -0.493 e. The summed E-state index contributed by atoms with van der Waals surface area (Å²) >= 11 is 2.25. The number of carbonyl (C=O) groups excluding carboxylic acids is 1. The molecule has 2 aromatic carbocycles. The summed E-state index contributed by atoms with van der Waals surface area (Å²) in [6.45, 7) is 4.86. The van der Waals surface area contributed by atoms with Crippen LogP contribution in [0.25, 0.3) is 6.08 Å². The maximum absolute atomic E-state index is 12.2. The second kappa shape index (κ2) is 11.7. The maximum Gasteiger partial charge on any atom is 0.248 e. The van der Waals surface area contributed by atoms with Crippen LogP contribution in [0.15, 0.2) is 42.5 Å². The summed E-state index contributed by atoms with van der Waals surface area (Å²) in [5.41, 5.74) is 2.74. The third-order valence-corrected chi connectivity index (χ3v) is 4.99. The lowest BCUT2D eigenvalue weighted by Crippen LogP contribution is -2.08. The zero-order valence-electron chi connectivity index (χ0n) is 16.8. The molecular formula is C23H28INO3. The van der Waals surface area contributed by atoms with Crippen LogP contribution in [0.3, 0.4) is 0 Å². The first-order chi connectivity index (χ1) is 13.5. The molecule has 2 aromatic rings. The molecule has 0 radical (unpaired) electrons. The van der Waals surface area contributed by atoms with Crippen molar-refractivity contribution in [3.63, 3.8) is 0 Å². The Balaban J connectivity index is 1.96. The van der Waals surface area contributed by atoms with Crippen LogP contribution in [0.4, 0.5) is 5.69 Å². The van der Waals surface area contributed by atoms with Crippen LogP contribution >= 0.6 is 22.6 Å². The summed E-state index contributed by atoms with van der Waals surface area (Å²) in [7, 11) is 1.62. The van der Waals surface area contributed by atoms with Crippen LogP contribution in [0.5, 0.6) is 11.5 Å². The lowest BCUT2D eigenvalue weighted by molar-refractivity contribution is -0.111. The fourth-order valence-corrected chi connectivity index (χ4v) is 3.38. The fraction of sp³-hybridized carbons (Fsp3) is 0.348. The van der Waals surface area contributed by atoms with Gasteiger partial charge >= 0.3 is 0 Å². The number of rotatable bonds is 10. The number of aryl methyl sites for hydroxylation is 1. The Bertz CT molecular complexity index is 817. The van der Waals surface area contributed by atoms with Crippen molar-refractivity contribution in [1.82, 2.24) is 0 Å². The molecular weight excluding hydrogens is 465 g/mol. The zero-order valence-corrected chi connectivity index (χ0v) is 18.9. The van der Waals surface area contributed by atoms with E-state index in [9.17, 15) is 4.79 Å². The van der Waals surface area contributed by atoms with Gasteiger partial charge in [-0.2, -0.15) is 0 Å². The van der Waals surface area contributed by atoms with Crippen molar-refractivity contribution < 1.29 is 14.3 Å². The highest BCUT2D eigenvalue weighted by atomic mass is 127. The molecule has 5 heteroatoms. The summed E-state index contributed by atoms with van der Waals surface area (Å²) in [6.07, 6.45) is 7.95. The van der Waals surface area contributed by atoms with E-state index >= 15 is 0 Å². The van der Waals surface area contributed by atoms with Gasteiger partial charge in [-0.05, 0) is 83.5 Å². The summed E-state index contributed by atoms with van der Waals surface area (Å²) in [5.74, 6) is 1.24. The first-order valence-corrected chi connectivity index (χ1v) is 10.7. The number of unbranched alkanes of at least 4 members (excludes halogenated alkanes) is 3. The number of anilines is 1. The van der Waals surface area contributed by atoms with E-state index < -0.39 is 0 Å². The number of ether oxygens (including phenoxy) is 2. The molecule has 0 atom stereocenters. The largest absolute Gasteiger partial charge is 0.493 e. The second-order valence-corrected chi connectivity index (χ2v) is 7.85. The van der Waals surface area contributed by atoms with E-state index in [0.717, 1.165) is 32.6 Å². The average molecular weight is 493 g/mol. The highest BCUT2D eigenvalue weighted by molar-refractivity contribution is 14.1. The van der Waals surface area contributed by atoms with Gasteiger partial charge in [0.15, 0.2) is 11.5 Å². The molecule has 0 fully saturated rings. The number of amides is 1. The number of benzene rings is 2. The van der Waals surface area contributed by atoms with Gasteiger partial charge in [-0.3, -0.25) is 4.79 Å². The molecule has 2 rings (SSSR count). The number of hydrogen-bond donors (Lipinski definition) is 1. The van der Waals surface area contributed by atoms with Crippen molar-refractivity contribution >= 4 is 40.3 Å². The predicted molar refractivity (Wildman–Crippen MR) is 124 cm³/mol. The Kier molecular flexibility index (Phi) is 9.34. The molecule has 0 aliphatic rings. The third kappa shape index (κ3) is 7.19. The average Bonchev–Trinajstić information content (AvgIpc) is 2.69. The van der Waals surface area contributed by atoms with Crippen LogP contribution in [0.2, 0.25) is 0 Å². The summed E-state index contributed by atoms with van der Waals surface area (Å²) in [5, 5.41) is 2.91. The summed E-state index contributed by atoms with van der Waals surface area (Å²) < 4.78 is 12.4. The Morgan fingerprint density at radius 1 is 1.11 bits per heavy atom. The highest BCUT2D eigenvalue weighted by Crippen LogP contribution is 2.29. The minimum atomic E-state index is -0.167. The van der Waals surface area contributed by atoms with Crippen molar-refractivity contribution in [1.29, 1.82) is 0 Å². The number of nitrogens with one attached hydrogen (secondary N) is 1. The number of methoxy groups -OCH3 is 1. The summed E-state index contributed by atoms with van der Waals surface area (Å²) in [4.78, 5) is 12.2. The topological polar surface area (TPSA) is 47.6 Å². The number of carbonyl (C=O) groups is 1. The van der Waals surface area contributed by atoms with Crippen molar-refractivity contribution in [2.24, 2.45) is 0 Å². The van der Waals surface area contributed by atoms with Crippen LogP contribution in [-0.2, 0) is 4.79 Å². The predicted octanol–water partition coefficient (Wildman–Crippen LogP) is 6.22. The van der Waals surface area contributed by atoms with Crippen molar-refractivity contribution in [2.75, 3.05) is 19.0 Å². The van der Waals surface area contributed by atoms with E-state index in [4.69, 9.17) is 9.47 Å². The Morgan fingerprint density at radius 3 is 2.64 bits per heavy atom. The molecule has 1 amide bonds. The normalized spacial score (nSPS) is 10.9. The van der Waals surface area contributed by atoms with E-state index in [1.807, 2.05) is 43.3 Å². The van der Waals surface area contributed by atoms with E-state index in [-0.39, 0.29) is 5.91 Å². The van der Waals surface area contributed by atoms with Gasteiger partial charge in [0, 0.05) is 15.3 Å². The fourth-order valence-electron chi connectivity index (χ4n) is 2.73. The number of halogens is 1. The molecule has 0 spiro atoms. The monoisotopic (exact) mass is 493 g/mol. The van der Waals surface area contributed by atoms with Crippen molar-refractivity contribution in [2.45, 2.75) is 39.5 Å². The van der Waals surface area contributed by atoms with E-state index in [2.05, 4.69) is 34.8 Å². The SMILES string of the molecule is CCCCCCOc1ccc(/C=C/C(=O)Nc2ccc(I)cc2C)cc1OC. The lowest BCUT2D eigenvalue weighted by atomic mass is 10.1. The van der Waals surface area contributed by atoms with Crippen LogP contribution in [0.1, 0.15) is 43.7 Å². The minimum absolute atomic E-state index is 0.167. The molecule has 0 heterocycles. The summed E-state index contributed by atoms with van der Waals surface area (Å²) in [6, 6.07) is 11.6. The van der Waals surface area contributed by atoms with E-state index in [1.165, 1.54) is 25.3 Å². The van der Waals surface area contributed by atoms with Crippen molar-refractivity contribution in [3.05, 3.63) is 57.2 Å². The van der Waals surface area contributed by atoms with Crippen LogP contribution in [-0.4, -0.2) is 19.6 Å². The highest BCUT2D eigenvalue weighted by Gasteiger charge is 2.06. The second-order valence-electron chi connectivity index (χ2n) is 6.60. The molecule has 0 unspecified atom stereocenters. The number of hydrogen-bond acceptors (Lipinski definition) is 3. The first kappa shape index (κ1) is 22.3. The Labute approximate surface area is 181 Å². The molecule has 0 saturated carbocycles. The lowest BCUT2D eigenvalue weighted by Gasteiger charge is -2.11. The maximum atomic E-state index is 12.2. The smallest absolute Gasteiger partial charge is 0.248 e. The standard InChI is InChI=1S/C23H28INO3/c1-4-5-6-7-14-28-21-12-8-18(16-22(21)27-3)9-13-23(26)25-20-11-10-19(24)15-17(20)2/h8-13,15-16H,4-7,14H2,1-3H3,(H,25,26)/b13-9+. The first-order valence-electron chi connectivity index (χ1n) is 9.59. The Hall–Kier alpha value is -2.02. The molecule has 1 N–H and O–H groups in total. The van der Waals surface area contributed by atoms with Gasteiger partial charge in [0.2, 0.25) is 5.91 Å². The molecule has 0 saturated heterocycles. The molecule has 0 aliphatic carbocycles. The van der Waals surface area contributed by atoms with Gasteiger partial charge in [0.1, 0.15) is 0 Å². The van der Waals surface area contributed by atoms with Crippen molar-refractivity contribution in [3.8, 4) is 11.5 Å². The van der Waals surface area contributed by atoms with Gasteiger partial charge in [-0.15, -0.1) is 0 Å². The van der Waals surface area contributed by atoms with Gasteiger partial charge in [0.25, 0.3) is 0 Å². The van der Waals surface area contributed by atoms with Crippen LogP contribution < -0.4 is 14.8 Å². The van der Waals surface area contributed by atoms with Gasteiger partial charge in [0.05, 0.1) is 13.7 Å². The third-order valence-electron chi connectivity index (χ3n) is 4.32. The zero-order chi connectivity index (χ0) is 20.4. The Morgan fingerprint density at radius 2 is 1.93 bits per heavy atom. The molecule has 0 bridgehead atoms.